The first-order chi connectivity index (χ1) is 21.8. The molecule has 11 atom stereocenters. The molecule has 6 rings (SSSR count). The lowest BCUT2D eigenvalue weighted by Crippen LogP contribution is -2.71. The SMILES string of the molecule is CC(=O)O[C@H]1CC[C@]2(C)[C@H]3CC[C@]4(C)[C@@H]([C@H](C)CC[C@@H](C)C(C)C)CC[C@H]4[C@@H]3C[C@@H](NCCc3c[nH]c4ccc(O)cc34)[C@@]2(O)C1. The molecule has 6 heteroatoms. The van der Waals surface area contributed by atoms with Gasteiger partial charge in [-0.3, -0.25) is 4.79 Å². The number of aromatic amines is 1. The summed E-state index contributed by atoms with van der Waals surface area (Å²) in [4.78, 5) is 15.4. The molecule has 0 radical (unpaired) electrons. The van der Waals surface area contributed by atoms with Crippen LogP contribution in [0.15, 0.2) is 24.4 Å². The van der Waals surface area contributed by atoms with Crippen LogP contribution < -0.4 is 5.32 Å². The van der Waals surface area contributed by atoms with E-state index in [0.717, 1.165) is 66.8 Å². The summed E-state index contributed by atoms with van der Waals surface area (Å²) >= 11 is 0. The summed E-state index contributed by atoms with van der Waals surface area (Å²) < 4.78 is 5.78. The number of nitrogens with one attached hydrogen (secondary N) is 2. The first-order valence-electron chi connectivity index (χ1n) is 18.7. The first kappa shape index (κ1) is 33.8. The predicted octanol–water partition coefficient (Wildman–Crippen LogP) is 8.40. The number of H-pyrrole nitrogens is 1. The summed E-state index contributed by atoms with van der Waals surface area (Å²) in [5.41, 5.74) is 1.43. The number of ether oxygens (including phenoxy) is 1. The number of carbonyl (C=O) groups excluding carboxylic acids is 1. The van der Waals surface area contributed by atoms with E-state index < -0.39 is 5.60 Å². The van der Waals surface area contributed by atoms with E-state index in [9.17, 15) is 15.0 Å². The van der Waals surface area contributed by atoms with Crippen LogP contribution >= 0.6 is 0 Å². The number of fused-ring (bicyclic) bond motifs is 6. The highest BCUT2D eigenvalue weighted by Gasteiger charge is 2.67. The molecule has 0 aliphatic heterocycles. The van der Waals surface area contributed by atoms with Gasteiger partial charge in [0.15, 0.2) is 0 Å². The smallest absolute Gasteiger partial charge is 0.302 e. The summed E-state index contributed by atoms with van der Waals surface area (Å²) in [5.74, 6) is 4.91. The standard InChI is InChI=1S/C40H62N2O4/c1-24(2)25(3)8-9-26(4)33-11-12-34-32-21-37(41-19-16-28-23-42-36-13-10-29(44)20-31(28)36)40(45)22-30(46-27(5)43)14-18-39(40,7)35(32)15-17-38(33,34)6/h10,13,20,23-26,30,32-35,37,41-42,44-45H,8-9,11-12,14-19,21-22H2,1-7H3/t25-,26-,30+,32+,33-,34+,35+,37-,38-,39-,40+/m1/s1. The number of carbonyl (C=O) groups is 1. The number of rotatable bonds is 10. The van der Waals surface area contributed by atoms with E-state index in [1.165, 1.54) is 51.0 Å². The number of aliphatic hydroxyl groups is 1. The molecule has 256 valence electrons. The number of aromatic hydroxyl groups is 1. The largest absolute Gasteiger partial charge is 0.508 e. The van der Waals surface area contributed by atoms with Crippen molar-refractivity contribution in [1.29, 1.82) is 0 Å². The Balaban J connectivity index is 1.24. The second-order valence-electron chi connectivity index (χ2n) is 17.2. The van der Waals surface area contributed by atoms with Gasteiger partial charge in [0.2, 0.25) is 0 Å². The van der Waals surface area contributed by atoms with E-state index >= 15 is 0 Å². The third-order valence-corrected chi connectivity index (χ3v) is 14.7. The third kappa shape index (κ3) is 5.82. The maximum Gasteiger partial charge on any atom is 0.302 e. The van der Waals surface area contributed by atoms with Crippen LogP contribution in [0, 0.1) is 52.3 Å². The van der Waals surface area contributed by atoms with Crippen molar-refractivity contribution in [1.82, 2.24) is 10.3 Å². The summed E-state index contributed by atoms with van der Waals surface area (Å²) in [5, 5.41) is 28.0. The zero-order valence-corrected chi connectivity index (χ0v) is 29.7. The molecule has 46 heavy (non-hydrogen) atoms. The Morgan fingerprint density at radius 1 is 1.07 bits per heavy atom. The van der Waals surface area contributed by atoms with Gasteiger partial charge in [-0.05, 0) is 129 Å². The van der Waals surface area contributed by atoms with Gasteiger partial charge in [0.1, 0.15) is 11.9 Å². The van der Waals surface area contributed by atoms with Gasteiger partial charge in [0.05, 0.1) is 5.60 Å². The minimum atomic E-state index is -0.933. The van der Waals surface area contributed by atoms with Gasteiger partial charge in [0, 0.05) is 41.9 Å². The van der Waals surface area contributed by atoms with Gasteiger partial charge in [0.25, 0.3) is 0 Å². The molecule has 1 heterocycles. The van der Waals surface area contributed by atoms with Crippen molar-refractivity contribution in [2.45, 2.75) is 137 Å². The zero-order chi connectivity index (χ0) is 33.0. The molecule has 2 aromatic rings. The Kier molecular flexibility index (Phi) is 9.39. The molecule has 4 fully saturated rings. The second-order valence-corrected chi connectivity index (χ2v) is 17.2. The minimum absolute atomic E-state index is 0.0542. The monoisotopic (exact) mass is 634 g/mol. The number of aromatic nitrogens is 1. The molecule has 0 unspecified atom stereocenters. The molecule has 1 aromatic carbocycles. The zero-order valence-electron chi connectivity index (χ0n) is 29.7. The minimum Gasteiger partial charge on any atom is -0.508 e. The molecule has 0 spiro atoms. The van der Waals surface area contributed by atoms with E-state index in [1.807, 2.05) is 18.3 Å². The van der Waals surface area contributed by atoms with Crippen molar-refractivity contribution in [3.05, 3.63) is 30.0 Å². The maximum absolute atomic E-state index is 12.9. The number of phenols is 1. The first-order valence-corrected chi connectivity index (χ1v) is 18.7. The Labute approximate surface area is 277 Å². The van der Waals surface area contributed by atoms with Crippen LogP contribution in [-0.2, 0) is 16.0 Å². The summed E-state index contributed by atoms with van der Waals surface area (Å²) in [7, 11) is 0. The molecular weight excluding hydrogens is 572 g/mol. The van der Waals surface area contributed by atoms with Crippen molar-refractivity contribution < 1.29 is 19.7 Å². The third-order valence-electron chi connectivity index (χ3n) is 14.7. The molecule has 1 aromatic heterocycles. The fourth-order valence-electron chi connectivity index (χ4n) is 11.7. The fourth-order valence-corrected chi connectivity index (χ4v) is 11.7. The predicted molar refractivity (Wildman–Crippen MR) is 185 cm³/mol. The maximum atomic E-state index is 12.9. The number of phenolic OH excluding ortho intramolecular Hbond substituents is 1. The molecule has 4 saturated carbocycles. The van der Waals surface area contributed by atoms with E-state index in [1.54, 1.807) is 6.07 Å². The lowest BCUT2D eigenvalue weighted by molar-refractivity contribution is -0.237. The summed E-state index contributed by atoms with van der Waals surface area (Å²) in [6.07, 6.45) is 13.7. The Hall–Kier alpha value is -2.05. The lowest BCUT2D eigenvalue weighted by atomic mass is 9.42. The van der Waals surface area contributed by atoms with Crippen LogP contribution in [-0.4, -0.2) is 45.5 Å². The average molecular weight is 635 g/mol. The van der Waals surface area contributed by atoms with Gasteiger partial charge >= 0.3 is 5.97 Å². The van der Waals surface area contributed by atoms with Crippen LogP contribution in [0.1, 0.15) is 118 Å². The van der Waals surface area contributed by atoms with Crippen LogP contribution in [0.25, 0.3) is 10.9 Å². The lowest BCUT2D eigenvalue weighted by Gasteiger charge is -2.66. The number of hydrogen-bond donors (Lipinski definition) is 4. The van der Waals surface area contributed by atoms with Crippen molar-refractivity contribution in [3.63, 3.8) is 0 Å². The van der Waals surface area contributed by atoms with Gasteiger partial charge in [-0.1, -0.05) is 54.4 Å². The van der Waals surface area contributed by atoms with E-state index in [4.69, 9.17) is 4.74 Å². The average Bonchev–Trinajstić information content (AvgIpc) is 3.56. The van der Waals surface area contributed by atoms with Crippen LogP contribution in [0.2, 0.25) is 0 Å². The van der Waals surface area contributed by atoms with Crippen molar-refractivity contribution in [3.8, 4) is 5.75 Å². The summed E-state index contributed by atoms with van der Waals surface area (Å²) in [6.45, 7) is 17.0. The van der Waals surface area contributed by atoms with Crippen LogP contribution in [0.3, 0.4) is 0 Å². The molecule has 0 saturated heterocycles. The molecular formula is C40H62N2O4. The number of hydrogen-bond acceptors (Lipinski definition) is 5. The van der Waals surface area contributed by atoms with Crippen molar-refractivity contribution in [2.24, 2.45) is 52.3 Å². The second kappa shape index (κ2) is 12.8. The Bertz CT molecular complexity index is 1390. The normalized spacial score (nSPS) is 38.6. The van der Waals surface area contributed by atoms with Crippen molar-refractivity contribution in [2.75, 3.05) is 6.54 Å². The van der Waals surface area contributed by atoms with E-state index in [2.05, 4.69) is 51.8 Å². The molecule has 0 bridgehead atoms. The molecule has 0 amide bonds. The van der Waals surface area contributed by atoms with Crippen molar-refractivity contribution >= 4 is 16.9 Å². The number of esters is 1. The highest BCUT2D eigenvalue weighted by Crippen LogP contribution is 2.69. The van der Waals surface area contributed by atoms with E-state index in [-0.39, 0.29) is 29.3 Å². The fraction of sp³-hybridized carbons (Fsp3) is 0.775. The molecule has 4 N–H and O–H groups in total. The highest BCUT2D eigenvalue weighted by atomic mass is 16.5. The van der Waals surface area contributed by atoms with E-state index in [0.29, 0.717) is 29.6 Å². The van der Waals surface area contributed by atoms with Gasteiger partial charge in [-0.25, -0.2) is 0 Å². The van der Waals surface area contributed by atoms with Crippen LogP contribution in [0.4, 0.5) is 0 Å². The molecule has 4 aliphatic rings. The molecule has 6 nitrogen and oxygen atoms in total. The Morgan fingerprint density at radius 2 is 1.85 bits per heavy atom. The van der Waals surface area contributed by atoms with Gasteiger partial charge in [-0.15, -0.1) is 0 Å². The topological polar surface area (TPSA) is 94.6 Å². The Morgan fingerprint density at radius 3 is 2.59 bits per heavy atom. The van der Waals surface area contributed by atoms with Gasteiger partial charge in [-0.2, -0.15) is 0 Å². The highest BCUT2D eigenvalue weighted by molar-refractivity contribution is 5.84. The summed E-state index contributed by atoms with van der Waals surface area (Å²) in [6, 6.07) is 5.43. The van der Waals surface area contributed by atoms with Gasteiger partial charge < -0.3 is 25.3 Å². The molecule has 4 aliphatic carbocycles. The quantitative estimate of drug-likeness (QED) is 0.197. The van der Waals surface area contributed by atoms with Crippen LogP contribution in [0.5, 0.6) is 5.75 Å². The number of benzene rings is 1.